The number of carbonyl (C=O) groups excluding carboxylic acids is 1. The van der Waals surface area contributed by atoms with Crippen molar-refractivity contribution in [3.8, 4) is 11.3 Å². The summed E-state index contributed by atoms with van der Waals surface area (Å²) in [7, 11) is -3.41. The van der Waals surface area contributed by atoms with Crippen LogP contribution in [0.3, 0.4) is 0 Å². The van der Waals surface area contributed by atoms with E-state index in [9.17, 15) is 18.3 Å². The van der Waals surface area contributed by atoms with Crippen LogP contribution >= 0.6 is 11.6 Å². The van der Waals surface area contributed by atoms with Crippen LogP contribution in [-0.4, -0.2) is 74.6 Å². The summed E-state index contributed by atoms with van der Waals surface area (Å²) in [6.45, 7) is 5.33. The van der Waals surface area contributed by atoms with E-state index >= 15 is 4.39 Å². The highest BCUT2D eigenvalue weighted by molar-refractivity contribution is 7.88. The van der Waals surface area contributed by atoms with Crippen LogP contribution < -0.4 is 5.32 Å². The molecule has 1 fully saturated rings. The number of ketones is 1. The molecule has 1 saturated heterocycles. The van der Waals surface area contributed by atoms with Gasteiger partial charge in [0.2, 0.25) is 16.0 Å². The van der Waals surface area contributed by atoms with E-state index in [1.807, 2.05) is 13.8 Å². The number of β-amino-alcohol motifs (C(OH)–C–C–N with tert-alkyl or cyclic N) is 1. The van der Waals surface area contributed by atoms with Gasteiger partial charge in [-0.3, -0.25) is 4.79 Å². The van der Waals surface area contributed by atoms with Crippen LogP contribution in [-0.2, 0) is 10.0 Å². The third kappa shape index (κ3) is 5.01. The van der Waals surface area contributed by atoms with Gasteiger partial charge in [-0.15, -0.1) is 0 Å². The number of nitrogens with one attached hydrogen (secondary N) is 1. The van der Waals surface area contributed by atoms with Crippen molar-refractivity contribution in [2.24, 2.45) is 0 Å². The first-order valence-corrected chi connectivity index (χ1v) is 13.2. The molecule has 0 radical (unpaired) electrons. The zero-order chi connectivity index (χ0) is 25.7. The van der Waals surface area contributed by atoms with Gasteiger partial charge in [-0.1, -0.05) is 11.6 Å². The first-order chi connectivity index (χ1) is 16.4. The summed E-state index contributed by atoms with van der Waals surface area (Å²) in [5.41, 5.74) is 1.15. The second kappa shape index (κ2) is 9.41. The van der Waals surface area contributed by atoms with Gasteiger partial charge in [-0.05, 0) is 32.4 Å². The Morgan fingerprint density at radius 1 is 1.31 bits per heavy atom. The zero-order valence-corrected chi connectivity index (χ0v) is 21.2. The maximum Gasteiger partial charge on any atom is 0.223 e. The number of Topliss-reactive ketones (excluding diaryl/α,β-unsaturated/α-hetero) is 1. The number of imidazole rings is 1. The first kappa shape index (κ1) is 25.4. The van der Waals surface area contributed by atoms with Gasteiger partial charge in [-0.25, -0.2) is 27.8 Å². The van der Waals surface area contributed by atoms with Crippen LogP contribution in [0.4, 0.5) is 10.3 Å². The van der Waals surface area contributed by atoms with Crippen molar-refractivity contribution in [1.29, 1.82) is 0 Å². The van der Waals surface area contributed by atoms with Crippen molar-refractivity contribution in [2.75, 3.05) is 24.7 Å². The number of benzene rings is 1. The summed E-state index contributed by atoms with van der Waals surface area (Å²) in [6.07, 6.45) is 1.84. The van der Waals surface area contributed by atoms with Gasteiger partial charge in [0.1, 0.15) is 5.52 Å². The minimum atomic E-state index is -3.41. The second-order valence-corrected chi connectivity index (χ2v) is 11.3. The van der Waals surface area contributed by atoms with Gasteiger partial charge in [0, 0.05) is 31.6 Å². The van der Waals surface area contributed by atoms with E-state index in [2.05, 4.69) is 20.3 Å². The van der Waals surface area contributed by atoms with Crippen molar-refractivity contribution in [1.82, 2.24) is 23.8 Å². The Kier molecular flexibility index (Phi) is 6.84. The summed E-state index contributed by atoms with van der Waals surface area (Å²) in [4.78, 5) is 24.9. The Labute approximate surface area is 207 Å². The Morgan fingerprint density at radius 2 is 2.03 bits per heavy atom. The molecule has 3 heterocycles. The minimum absolute atomic E-state index is 0.0451. The molecule has 0 amide bonds. The van der Waals surface area contributed by atoms with E-state index in [-0.39, 0.29) is 52.9 Å². The van der Waals surface area contributed by atoms with Crippen molar-refractivity contribution < 1.29 is 22.7 Å². The molecular formula is C22H26ClFN6O4S. The van der Waals surface area contributed by atoms with E-state index in [1.165, 1.54) is 23.5 Å². The fraction of sp³-hybridized carbons (Fsp3) is 0.455. The minimum Gasteiger partial charge on any atom is -0.390 e. The van der Waals surface area contributed by atoms with Gasteiger partial charge in [0.05, 0.1) is 40.8 Å². The van der Waals surface area contributed by atoms with Crippen LogP contribution in [0.15, 0.2) is 18.3 Å². The number of halogens is 2. The van der Waals surface area contributed by atoms with Crippen LogP contribution in [0, 0.1) is 5.82 Å². The fourth-order valence-corrected chi connectivity index (χ4v) is 5.30. The third-order valence-electron chi connectivity index (χ3n) is 5.93. The number of aliphatic hydroxyl groups excluding tert-OH is 1. The number of aromatic nitrogens is 4. The number of fused-ring (bicyclic) bond motifs is 1. The number of anilines is 1. The zero-order valence-electron chi connectivity index (χ0n) is 19.7. The molecule has 2 aromatic heterocycles. The first-order valence-electron chi connectivity index (χ1n) is 11.0. The normalized spacial score (nSPS) is 19.4. The average molecular weight is 525 g/mol. The topological polar surface area (TPSA) is 130 Å². The Bertz CT molecular complexity index is 1410. The number of hydrogen-bond donors (Lipinski definition) is 2. The van der Waals surface area contributed by atoms with Crippen LogP contribution in [0.1, 0.15) is 43.9 Å². The molecule has 3 aromatic rings. The molecule has 0 bridgehead atoms. The maximum atomic E-state index is 15.1. The molecular weight excluding hydrogens is 499 g/mol. The molecule has 13 heteroatoms. The quantitative estimate of drug-likeness (QED) is 0.471. The highest BCUT2D eigenvalue weighted by Crippen LogP contribution is 2.32. The Balaban J connectivity index is 1.69. The molecule has 1 aliphatic rings. The van der Waals surface area contributed by atoms with E-state index in [1.54, 1.807) is 10.6 Å². The standard InChI is InChI=1S/C22H26ClFN6O4S/c1-11(2)30-17-8-13(7-15(24)20(17)27-21(30)12(3)31)19-14(23)9-25-22(28-19)26-16-5-6-29(10-18(16)32)35(4,33)34/h7-9,11,16,18,32H,5-6,10H2,1-4H3,(H,25,26,28)/t16-,18-/m1/s1. The molecule has 4 rings (SSSR count). The van der Waals surface area contributed by atoms with Gasteiger partial charge in [-0.2, -0.15) is 4.31 Å². The van der Waals surface area contributed by atoms with Crippen molar-refractivity contribution in [3.63, 3.8) is 0 Å². The van der Waals surface area contributed by atoms with Crippen molar-refractivity contribution >= 4 is 44.4 Å². The number of rotatable bonds is 6. The largest absolute Gasteiger partial charge is 0.390 e. The van der Waals surface area contributed by atoms with Crippen molar-refractivity contribution in [2.45, 2.75) is 45.4 Å². The predicted molar refractivity (Wildman–Crippen MR) is 131 cm³/mol. The lowest BCUT2D eigenvalue weighted by Gasteiger charge is -2.34. The molecule has 188 valence electrons. The molecule has 0 spiro atoms. The number of aliphatic hydroxyl groups is 1. The van der Waals surface area contributed by atoms with Gasteiger partial charge < -0.3 is 15.0 Å². The van der Waals surface area contributed by atoms with Crippen LogP contribution in [0.5, 0.6) is 0 Å². The Morgan fingerprint density at radius 3 is 2.63 bits per heavy atom. The highest BCUT2D eigenvalue weighted by atomic mass is 35.5. The number of hydrogen-bond acceptors (Lipinski definition) is 8. The van der Waals surface area contributed by atoms with E-state index < -0.39 is 28.0 Å². The molecule has 35 heavy (non-hydrogen) atoms. The maximum absolute atomic E-state index is 15.1. The molecule has 10 nitrogen and oxygen atoms in total. The van der Waals surface area contributed by atoms with E-state index in [0.29, 0.717) is 17.5 Å². The highest BCUT2D eigenvalue weighted by Gasteiger charge is 2.32. The summed E-state index contributed by atoms with van der Waals surface area (Å²) in [5, 5.41) is 13.7. The number of nitrogens with zero attached hydrogens (tertiary/aromatic N) is 5. The summed E-state index contributed by atoms with van der Waals surface area (Å²) in [5.74, 6) is -0.574. The molecule has 2 atom stereocenters. The monoisotopic (exact) mass is 524 g/mol. The number of sulfonamides is 1. The predicted octanol–water partition coefficient (Wildman–Crippen LogP) is 2.88. The lowest BCUT2D eigenvalue weighted by atomic mass is 10.0. The third-order valence-corrected chi connectivity index (χ3v) is 7.47. The van der Waals surface area contributed by atoms with Gasteiger partial charge in [0.25, 0.3) is 0 Å². The van der Waals surface area contributed by atoms with Gasteiger partial charge in [0.15, 0.2) is 17.4 Å². The second-order valence-electron chi connectivity index (χ2n) is 8.90. The molecule has 1 aromatic carbocycles. The van der Waals surface area contributed by atoms with Crippen molar-refractivity contribution in [3.05, 3.63) is 35.0 Å². The van der Waals surface area contributed by atoms with E-state index in [0.717, 1.165) is 6.26 Å². The molecule has 1 aliphatic heterocycles. The number of piperidine rings is 1. The molecule has 0 saturated carbocycles. The van der Waals surface area contributed by atoms with E-state index in [4.69, 9.17) is 11.6 Å². The molecule has 0 unspecified atom stereocenters. The lowest BCUT2D eigenvalue weighted by Crippen LogP contribution is -2.51. The summed E-state index contributed by atoms with van der Waals surface area (Å²) < 4.78 is 41.5. The molecule has 2 N–H and O–H groups in total. The Hall–Kier alpha value is -2.67. The smallest absolute Gasteiger partial charge is 0.223 e. The van der Waals surface area contributed by atoms with Gasteiger partial charge >= 0.3 is 0 Å². The number of carbonyl (C=O) groups is 1. The van der Waals surface area contributed by atoms with Crippen LogP contribution in [0.2, 0.25) is 5.02 Å². The van der Waals surface area contributed by atoms with Crippen LogP contribution in [0.25, 0.3) is 22.3 Å². The summed E-state index contributed by atoms with van der Waals surface area (Å²) in [6, 6.07) is 2.30. The average Bonchev–Trinajstić information content (AvgIpc) is 3.16. The molecule has 0 aliphatic carbocycles. The summed E-state index contributed by atoms with van der Waals surface area (Å²) >= 11 is 6.36. The lowest BCUT2D eigenvalue weighted by molar-refractivity contribution is 0.0950. The SMILES string of the molecule is CC(=O)c1nc2c(F)cc(-c3nc(N[C@@H]4CCN(S(C)(=O)=O)C[C@H]4O)ncc3Cl)cc2n1C(C)C. The fourth-order valence-electron chi connectivity index (χ4n) is 4.24.